The molecule has 2 rings (SSSR count). The van der Waals surface area contributed by atoms with Gasteiger partial charge in [0.15, 0.2) is 0 Å². The average molecular weight is 263 g/mol. The average Bonchev–Trinajstić information content (AvgIpc) is 2.96. The Bertz CT molecular complexity index is 358. The van der Waals surface area contributed by atoms with Crippen LogP contribution in [0.2, 0.25) is 0 Å². The Morgan fingerprint density at radius 2 is 2.16 bits per heavy atom. The molecule has 2 unspecified atom stereocenters. The molecule has 3 nitrogen and oxygen atoms in total. The maximum atomic E-state index is 5.76. The van der Waals surface area contributed by atoms with Gasteiger partial charge in [-0.2, -0.15) is 0 Å². The standard InChI is InChI=1S/C16H25NO2/c1-13(17-2)14-7-9-16(10-8-14)19-12-4-6-15-5-3-11-18-15/h7-10,13,15,17H,3-6,11-12H2,1-2H3. The van der Waals surface area contributed by atoms with Crippen LogP contribution < -0.4 is 10.1 Å². The Morgan fingerprint density at radius 1 is 1.37 bits per heavy atom. The minimum atomic E-state index is 0.383. The molecule has 0 bridgehead atoms. The molecule has 1 heterocycles. The van der Waals surface area contributed by atoms with Crippen molar-refractivity contribution in [1.29, 1.82) is 0 Å². The lowest BCUT2D eigenvalue weighted by Crippen LogP contribution is -2.12. The van der Waals surface area contributed by atoms with E-state index >= 15 is 0 Å². The van der Waals surface area contributed by atoms with Gasteiger partial charge in [-0.15, -0.1) is 0 Å². The van der Waals surface area contributed by atoms with Gasteiger partial charge in [-0.3, -0.25) is 0 Å². The van der Waals surface area contributed by atoms with Crippen molar-refractivity contribution in [2.75, 3.05) is 20.3 Å². The molecule has 0 aromatic heterocycles. The number of nitrogens with one attached hydrogen (secondary N) is 1. The molecule has 3 heteroatoms. The quantitative estimate of drug-likeness (QED) is 0.766. The van der Waals surface area contributed by atoms with E-state index in [9.17, 15) is 0 Å². The molecule has 1 saturated heterocycles. The number of rotatable bonds is 7. The van der Waals surface area contributed by atoms with Gasteiger partial charge in [-0.05, 0) is 57.4 Å². The Morgan fingerprint density at radius 3 is 2.79 bits per heavy atom. The second-order valence-corrected chi connectivity index (χ2v) is 5.21. The highest BCUT2D eigenvalue weighted by Gasteiger charge is 2.14. The van der Waals surface area contributed by atoms with Crippen LogP contribution in [0, 0.1) is 0 Å². The van der Waals surface area contributed by atoms with Crippen LogP contribution in [-0.2, 0) is 4.74 Å². The lowest BCUT2D eigenvalue weighted by molar-refractivity contribution is 0.0981. The molecule has 1 aromatic carbocycles. The summed E-state index contributed by atoms with van der Waals surface area (Å²) >= 11 is 0. The molecule has 1 aliphatic heterocycles. The predicted octanol–water partition coefficient (Wildman–Crippen LogP) is 3.31. The number of benzene rings is 1. The van der Waals surface area contributed by atoms with Crippen LogP contribution >= 0.6 is 0 Å². The zero-order valence-electron chi connectivity index (χ0n) is 12.0. The molecular formula is C16H25NO2. The molecule has 106 valence electrons. The summed E-state index contributed by atoms with van der Waals surface area (Å²) < 4.78 is 11.4. The van der Waals surface area contributed by atoms with Crippen molar-refractivity contribution in [2.24, 2.45) is 0 Å². The van der Waals surface area contributed by atoms with Crippen LogP contribution in [0.3, 0.4) is 0 Å². The SMILES string of the molecule is CNC(C)c1ccc(OCCCC2CCCO2)cc1. The fourth-order valence-electron chi connectivity index (χ4n) is 2.39. The molecule has 0 radical (unpaired) electrons. The Kier molecular flexibility index (Phi) is 5.67. The predicted molar refractivity (Wildman–Crippen MR) is 77.6 cm³/mol. The molecule has 1 aromatic rings. The largest absolute Gasteiger partial charge is 0.494 e. The highest BCUT2D eigenvalue weighted by atomic mass is 16.5. The first-order valence-electron chi connectivity index (χ1n) is 7.31. The van der Waals surface area contributed by atoms with Gasteiger partial charge in [0, 0.05) is 12.6 Å². The molecule has 0 saturated carbocycles. The first-order chi connectivity index (χ1) is 9.29. The van der Waals surface area contributed by atoms with E-state index in [0.717, 1.165) is 31.8 Å². The van der Waals surface area contributed by atoms with Crippen LogP contribution in [0.5, 0.6) is 5.75 Å². The van der Waals surface area contributed by atoms with Crippen molar-refractivity contribution >= 4 is 0 Å². The van der Waals surface area contributed by atoms with E-state index in [1.54, 1.807) is 0 Å². The maximum Gasteiger partial charge on any atom is 0.119 e. The molecule has 19 heavy (non-hydrogen) atoms. The van der Waals surface area contributed by atoms with Crippen LogP contribution in [0.15, 0.2) is 24.3 Å². The minimum Gasteiger partial charge on any atom is -0.494 e. The zero-order valence-corrected chi connectivity index (χ0v) is 12.0. The minimum absolute atomic E-state index is 0.383. The highest BCUT2D eigenvalue weighted by molar-refractivity contribution is 5.28. The summed E-state index contributed by atoms with van der Waals surface area (Å²) in [7, 11) is 1.97. The zero-order chi connectivity index (χ0) is 13.5. The first-order valence-corrected chi connectivity index (χ1v) is 7.31. The summed E-state index contributed by atoms with van der Waals surface area (Å²) in [5.41, 5.74) is 1.29. The van der Waals surface area contributed by atoms with Crippen molar-refractivity contribution in [3.63, 3.8) is 0 Å². The van der Waals surface area contributed by atoms with Crippen LogP contribution in [-0.4, -0.2) is 26.4 Å². The van der Waals surface area contributed by atoms with E-state index in [-0.39, 0.29) is 0 Å². The third kappa shape index (κ3) is 4.51. The van der Waals surface area contributed by atoms with Crippen molar-refractivity contribution < 1.29 is 9.47 Å². The van der Waals surface area contributed by atoms with Gasteiger partial charge in [-0.25, -0.2) is 0 Å². The topological polar surface area (TPSA) is 30.5 Å². The maximum absolute atomic E-state index is 5.76. The van der Waals surface area contributed by atoms with Gasteiger partial charge in [-0.1, -0.05) is 12.1 Å². The summed E-state index contributed by atoms with van der Waals surface area (Å²) in [5, 5.41) is 3.23. The summed E-state index contributed by atoms with van der Waals surface area (Å²) in [5.74, 6) is 0.958. The number of ether oxygens (including phenoxy) is 2. The molecule has 2 atom stereocenters. The lowest BCUT2D eigenvalue weighted by Gasteiger charge is -2.12. The number of hydrogen-bond donors (Lipinski definition) is 1. The van der Waals surface area contributed by atoms with Crippen molar-refractivity contribution in [2.45, 2.75) is 44.8 Å². The molecule has 0 aliphatic carbocycles. The second kappa shape index (κ2) is 7.51. The third-order valence-electron chi connectivity index (χ3n) is 3.78. The van der Waals surface area contributed by atoms with Crippen molar-refractivity contribution in [3.8, 4) is 5.75 Å². The second-order valence-electron chi connectivity index (χ2n) is 5.21. The molecular weight excluding hydrogens is 238 g/mol. The normalized spacial score (nSPS) is 20.4. The van der Waals surface area contributed by atoms with Gasteiger partial charge >= 0.3 is 0 Å². The van der Waals surface area contributed by atoms with Crippen molar-refractivity contribution in [3.05, 3.63) is 29.8 Å². The van der Waals surface area contributed by atoms with Crippen LogP contribution in [0.4, 0.5) is 0 Å². The summed E-state index contributed by atoms with van der Waals surface area (Å²) in [6.07, 6.45) is 5.10. The van der Waals surface area contributed by atoms with E-state index in [2.05, 4.69) is 36.5 Å². The highest BCUT2D eigenvalue weighted by Crippen LogP contribution is 2.19. The smallest absolute Gasteiger partial charge is 0.119 e. The Balaban J connectivity index is 1.67. The lowest BCUT2D eigenvalue weighted by atomic mass is 10.1. The molecule has 1 fully saturated rings. The Hall–Kier alpha value is -1.06. The fourth-order valence-corrected chi connectivity index (χ4v) is 2.39. The van der Waals surface area contributed by atoms with E-state index in [1.165, 1.54) is 18.4 Å². The summed E-state index contributed by atoms with van der Waals surface area (Å²) in [4.78, 5) is 0. The fraction of sp³-hybridized carbons (Fsp3) is 0.625. The summed E-state index contributed by atoms with van der Waals surface area (Å²) in [6.45, 7) is 3.87. The number of hydrogen-bond acceptors (Lipinski definition) is 3. The molecule has 0 amide bonds. The van der Waals surface area contributed by atoms with Gasteiger partial charge in [0.25, 0.3) is 0 Å². The monoisotopic (exact) mass is 263 g/mol. The first kappa shape index (κ1) is 14.4. The third-order valence-corrected chi connectivity index (χ3v) is 3.78. The van der Waals surface area contributed by atoms with E-state index in [0.29, 0.717) is 12.1 Å². The molecule has 1 aliphatic rings. The van der Waals surface area contributed by atoms with Gasteiger partial charge in [0.2, 0.25) is 0 Å². The van der Waals surface area contributed by atoms with E-state index < -0.39 is 0 Å². The van der Waals surface area contributed by atoms with Gasteiger partial charge in [0.1, 0.15) is 5.75 Å². The molecule has 1 N–H and O–H groups in total. The molecule has 0 spiro atoms. The van der Waals surface area contributed by atoms with E-state index in [4.69, 9.17) is 9.47 Å². The van der Waals surface area contributed by atoms with Gasteiger partial charge < -0.3 is 14.8 Å². The summed E-state index contributed by atoms with van der Waals surface area (Å²) in [6, 6.07) is 8.73. The van der Waals surface area contributed by atoms with Crippen LogP contribution in [0.1, 0.15) is 44.2 Å². The van der Waals surface area contributed by atoms with Crippen molar-refractivity contribution in [1.82, 2.24) is 5.32 Å². The Labute approximate surface area is 116 Å². The van der Waals surface area contributed by atoms with E-state index in [1.807, 2.05) is 7.05 Å². The van der Waals surface area contributed by atoms with Gasteiger partial charge in [0.05, 0.1) is 12.7 Å². The van der Waals surface area contributed by atoms with Crippen LogP contribution in [0.25, 0.3) is 0 Å².